The Morgan fingerprint density at radius 1 is 1.19 bits per heavy atom. The number of benzene rings is 1. The largest absolute Gasteiger partial charge is 0.382 e. The number of anilines is 1. The molecule has 1 saturated heterocycles. The van der Waals surface area contributed by atoms with E-state index in [1.807, 2.05) is 19.1 Å². The number of hydrogen-bond donors (Lipinski definition) is 1. The van der Waals surface area contributed by atoms with Gasteiger partial charge in [-0.1, -0.05) is 12.1 Å². The number of rotatable bonds is 8. The van der Waals surface area contributed by atoms with Crippen LogP contribution in [0.25, 0.3) is 17.0 Å². The van der Waals surface area contributed by atoms with Crippen molar-refractivity contribution >= 4 is 17.4 Å². The molecule has 0 bridgehead atoms. The minimum absolute atomic E-state index is 0.0101. The monoisotopic (exact) mass is 426 g/mol. The lowest BCUT2D eigenvalue weighted by molar-refractivity contribution is -0.125. The van der Waals surface area contributed by atoms with Crippen LogP contribution in [0.3, 0.4) is 0 Å². The van der Waals surface area contributed by atoms with Crippen molar-refractivity contribution in [1.82, 2.24) is 25.1 Å². The Balaban J connectivity index is 1.40. The van der Waals surface area contributed by atoms with Gasteiger partial charge in [-0.05, 0) is 50.5 Å². The Morgan fingerprint density at radius 3 is 2.77 bits per heavy atom. The van der Waals surface area contributed by atoms with Crippen LogP contribution in [0, 0.1) is 11.7 Å². The Labute approximate surface area is 180 Å². The molecule has 8 nitrogen and oxygen atoms in total. The summed E-state index contributed by atoms with van der Waals surface area (Å²) in [4.78, 5) is 14.5. The van der Waals surface area contributed by atoms with Crippen molar-refractivity contribution in [2.24, 2.45) is 5.92 Å². The van der Waals surface area contributed by atoms with Gasteiger partial charge in [0.2, 0.25) is 5.91 Å². The summed E-state index contributed by atoms with van der Waals surface area (Å²) < 4.78 is 21.1. The van der Waals surface area contributed by atoms with Crippen LogP contribution >= 0.6 is 0 Å². The summed E-state index contributed by atoms with van der Waals surface area (Å²) >= 11 is 0. The van der Waals surface area contributed by atoms with Crippen LogP contribution in [0.4, 0.5) is 10.2 Å². The molecule has 1 aliphatic rings. The zero-order chi connectivity index (χ0) is 21.6. The molecule has 9 heteroatoms. The third kappa shape index (κ3) is 4.82. The number of ether oxygens (including phenoxy) is 1. The van der Waals surface area contributed by atoms with Crippen molar-refractivity contribution in [2.75, 3.05) is 37.7 Å². The highest BCUT2D eigenvalue weighted by atomic mass is 19.1. The molecule has 1 N–H and O–H groups in total. The number of amides is 1. The van der Waals surface area contributed by atoms with Crippen LogP contribution < -0.4 is 10.2 Å². The molecule has 0 unspecified atom stereocenters. The summed E-state index contributed by atoms with van der Waals surface area (Å²) in [6, 6.07) is 10.2. The van der Waals surface area contributed by atoms with Crippen molar-refractivity contribution < 1.29 is 13.9 Å². The molecule has 31 heavy (non-hydrogen) atoms. The molecular weight excluding hydrogens is 399 g/mol. The number of fused-ring (bicyclic) bond motifs is 1. The van der Waals surface area contributed by atoms with Gasteiger partial charge in [-0.15, -0.1) is 15.3 Å². The van der Waals surface area contributed by atoms with Gasteiger partial charge in [0.1, 0.15) is 11.6 Å². The van der Waals surface area contributed by atoms with Gasteiger partial charge in [-0.2, -0.15) is 4.52 Å². The second kappa shape index (κ2) is 9.82. The quantitative estimate of drug-likeness (QED) is 0.558. The van der Waals surface area contributed by atoms with Crippen LogP contribution in [0.1, 0.15) is 26.2 Å². The van der Waals surface area contributed by atoms with Crippen molar-refractivity contribution in [3.63, 3.8) is 0 Å². The number of carbonyl (C=O) groups excluding carboxylic acids is 1. The molecule has 0 spiro atoms. The third-order valence-corrected chi connectivity index (χ3v) is 5.52. The lowest BCUT2D eigenvalue weighted by Gasteiger charge is -2.32. The highest BCUT2D eigenvalue weighted by Crippen LogP contribution is 2.25. The van der Waals surface area contributed by atoms with E-state index < -0.39 is 0 Å². The van der Waals surface area contributed by atoms with E-state index in [1.165, 1.54) is 6.07 Å². The van der Waals surface area contributed by atoms with Gasteiger partial charge in [0, 0.05) is 38.8 Å². The molecule has 0 radical (unpaired) electrons. The Hall–Kier alpha value is -3.07. The minimum atomic E-state index is -0.364. The molecule has 1 aromatic carbocycles. The fraction of sp³-hybridized carbons (Fsp3) is 0.455. The number of piperidine rings is 1. The first-order chi connectivity index (χ1) is 15.2. The van der Waals surface area contributed by atoms with Gasteiger partial charge in [0.15, 0.2) is 11.5 Å². The van der Waals surface area contributed by atoms with E-state index >= 15 is 0 Å². The van der Waals surface area contributed by atoms with Gasteiger partial charge in [0.05, 0.1) is 5.56 Å². The SMILES string of the molecule is CCOCCCNC(=O)C1CCN(c2ccc3nnc(-c4ccccc4F)n3n2)CC1. The van der Waals surface area contributed by atoms with Crippen LogP contribution in [0.2, 0.25) is 0 Å². The standard InChI is InChI=1S/C22H27FN6O2/c1-2-31-15-5-12-24-22(30)16-10-13-28(14-11-16)20-9-8-19-25-26-21(29(19)27-20)17-6-3-4-7-18(17)23/h3-4,6-9,16H,2,5,10-15H2,1H3,(H,24,30). The number of aromatic nitrogens is 4. The maximum atomic E-state index is 14.2. The molecule has 1 fully saturated rings. The Kier molecular flexibility index (Phi) is 6.71. The zero-order valence-electron chi connectivity index (χ0n) is 17.6. The number of halogens is 1. The van der Waals surface area contributed by atoms with Crippen molar-refractivity contribution in [1.29, 1.82) is 0 Å². The average molecular weight is 426 g/mol. The molecule has 4 rings (SSSR count). The number of hydrogen-bond acceptors (Lipinski definition) is 6. The molecule has 0 aliphatic carbocycles. The van der Waals surface area contributed by atoms with Gasteiger partial charge < -0.3 is 15.0 Å². The van der Waals surface area contributed by atoms with Crippen LogP contribution in [0.5, 0.6) is 0 Å². The first-order valence-corrected chi connectivity index (χ1v) is 10.7. The highest BCUT2D eigenvalue weighted by molar-refractivity contribution is 5.79. The summed E-state index contributed by atoms with van der Waals surface area (Å²) in [5.74, 6) is 0.894. The minimum Gasteiger partial charge on any atom is -0.382 e. The summed E-state index contributed by atoms with van der Waals surface area (Å²) in [7, 11) is 0. The van der Waals surface area contributed by atoms with E-state index in [-0.39, 0.29) is 17.6 Å². The van der Waals surface area contributed by atoms with Gasteiger partial charge in [-0.3, -0.25) is 4.79 Å². The molecule has 2 aromatic heterocycles. The highest BCUT2D eigenvalue weighted by Gasteiger charge is 2.26. The van der Waals surface area contributed by atoms with Crippen molar-refractivity contribution in [3.8, 4) is 11.4 Å². The maximum Gasteiger partial charge on any atom is 0.223 e. The summed E-state index contributed by atoms with van der Waals surface area (Å²) in [5, 5.41) is 15.9. The molecule has 3 heterocycles. The van der Waals surface area contributed by atoms with E-state index in [0.717, 1.165) is 38.2 Å². The van der Waals surface area contributed by atoms with Gasteiger partial charge in [-0.25, -0.2) is 4.39 Å². The first-order valence-electron chi connectivity index (χ1n) is 10.7. The fourth-order valence-corrected chi connectivity index (χ4v) is 3.80. The van der Waals surface area contributed by atoms with E-state index in [9.17, 15) is 9.18 Å². The molecule has 0 atom stereocenters. The Morgan fingerprint density at radius 2 is 2.00 bits per heavy atom. The maximum absolute atomic E-state index is 14.2. The lowest BCUT2D eigenvalue weighted by Crippen LogP contribution is -2.41. The second-order valence-corrected chi connectivity index (χ2v) is 7.57. The van der Waals surface area contributed by atoms with Crippen molar-refractivity contribution in [3.05, 3.63) is 42.2 Å². The molecule has 0 saturated carbocycles. The number of carbonyl (C=O) groups is 1. The number of nitrogens with one attached hydrogen (secondary N) is 1. The van der Waals surface area contributed by atoms with Crippen LogP contribution in [0.15, 0.2) is 36.4 Å². The Bertz CT molecular complexity index is 1030. The van der Waals surface area contributed by atoms with E-state index in [0.29, 0.717) is 36.8 Å². The smallest absolute Gasteiger partial charge is 0.223 e. The predicted octanol–water partition coefficient (Wildman–Crippen LogP) is 2.69. The van der Waals surface area contributed by atoms with Crippen molar-refractivity contribution in [2.45, 2.75) is 26.2 Å². The average Bonchev–Trinajstić information content (AvgIpc) is 3.22. The molecule has 3 aromatic rings. The second-order valence-electron chi connectivity index (χ2n) is 7.57. The third-order valence-electron chi connectivity index (χ3n) is 5.52. The molecule has 1 aliphatic heterocycles. The lowest BCUT2D eigenvalue weighted by atomic mass is 9.96. The van der Waals surface area contributed by atoms with Gasteiger partial charge >= 0.3 is 0 Å². The first kappa shape index (κ1) is 21.2. The molecule has 1 amide bonds. The topological polar surface area (TPSA) is 84.6 Å². The summed E-state index contributed by atoms with van der Waals surface area (Å²) in [5.41, 5.74) is 0.919. The molecular formula is C22H27FN6O2. The number of nitrogens with zero attached hydrogens (tertiary/aromatic N) is 5. The van der Waals surface area contributed by atoms with E-state index in [1.54, 1.807) is 22.7 Å². The fourth-order valence-electron chi connectivity index (χ4n) is 3.80. The zero-order valence-corrected chi connectivity index (χ0v) is 17.6. The predicted molar refractivity (Wildman–Crippen MR) is 115 cm³/mol. The summed E-state index contributed by atoms with van der Waals surface area (Å²) in [6.07, 6.45) is 2.35. The van der Waals surface area contributed by atoms with Crippen LogP contribution in [-0.4, -0.2) is 58.6 Å². The summed E-state index contributed by atoms with van der Waals surface area (Å²) in [6.45, 7) is 5.43. The van der Waals surface area contributed by atoms with E-state index in [4.69, 9.17) is 4.74 Å². The van der Waals surface area contributed by atoms with E-state index in [2.05, 4.69) is 25.5 Å². The van der Waals surface area contributed by atoms with Crippen LogP contribution in [-0.2, 0) is 9.53 Å². The normalized spacial score (nSPS) is 14.8. The molecule has 164 valence electrons. The van der Waals surface area contributed by atoms with Gasteiger partial charge in [0.25, 0.3) is 0 Å².